The third kappa shape index (κ3) is 3.75. The molecule has 0 aliphatic carbocycles. The van der Waals surface area contributed by atoms with Crippen molar-refractivity contribution in [1.82, 2.24) is 10.3 Å². The fourth-order valence-corrected chi connectivity index (χ4v) is 4.06. The highest BCUT2D eigenvalue weighted by molar-refractivity contribution is 7.22. The topological polar surface area (TPSA) is 74.3 Å². The van der Waals surface area contributed by atoms with Crippen LogP contribution in [0.5, 0.6) is 0 Å². The first kappa shape index (κ1) is 17.4. The number of benzene rings is 2. The van der Waals surface area contributed by atoms with Crippen LogP contribution in [0.1, 0.15) is 12.0 Å². The van der Waals surface area contributed by atoms with Gasteiger partial charge in [0, 0.05) is 18.7 Å². The molecule has 27 heavy (non-hydrogen) atoms. The molecule has 8 heteroatoms. The van der Waals surface area contributed by atoms with E-state index < -0.39 is 11.8 Å². The first-order chi connectivity index (χ1) is 13.0. The Kier molecular flexibility index (Phi) is 4.49. The molecule has 1 aliphatic heterocycles. The highest BCUT2D eigenvalue weighted by Gasteiger charge is 2.31. The normalized spacial score (nSPS) is 16.7. The number of fused-ring (bicyclic) bond motifs is 1. The van der Waals surface area contributed by atoms with Gasteiger partial charge < -0.3 is 10.2 Å². The molecule has 0 saturated carbocycles. The van der Waals surface area contributed by atoms with Gasteiger partial charge in [0.05, 0.1) is 16.3 Å². The Morgan fingerprint density at radius 3 is 2.96 bits per heavy atom. The van der Waals surface area contributed by atoms with Crippen molar-refractivity contribution in [2.75, 3.05) is 16.8 Å². The minimum absolute atomic E-state index is 0.152. The van der Waals surface area contributed by atoms with E-state index in [4.69, 9.17) is 0 Å². The summed E-state index contributed by atoms with van der Waals surface area (Å²) in [5, 5.41) is 6.01. The average Bonchev–Trinajstić information content (AvgIpc) is 3.16. The summed E-state index contributed by atoms with van der Waals surface area (Å²) in [7, 11) is 0. The van der Waals surface area contributed by atoms with E-state index in [1.54, 1.807) is 12.1 Å². The van der Waals surface area contributed by atoms with Crippen LogP contribution in [0.2, 0.25) is 0 Å². The van der Waals surface area contributed by atoms with Crippen molar-refractivity contribution in [3.8, 4) is 0 Å². The summed E-state index contributed by atoms with van der Waals surface area (Å²) in [6.45, 7) is 2.30. The van der Waals surface area contributed by atoms with Crippen LogP contribution in [-0.2, 0) is 4.79 Å². The van der Waals surface area contributed by atoms with E-state index in [0.717, 1.165) is 15.8 Å². The molecule has 1 atom stereocenters. The molecule has 4 rings (SSSR count). The molecular weight excluding hydrogens is 367 g/mol. The lowest BCUT2D eigenvalue weighted by molar-refractivity contribution is -0.117. The first-order valence-corrected chi connectivity index (χ1v) is 9.30. The molecule has 3 aromatic rings. The van der Waals surface area contributed by atoms with Gasteiger partial charge in [0.15, 0.2) is 5.13 Å². The third-order valence-electron chi connectivity index (χ3n) is 4.34. The van der Waals surface area contributed by atoms with E-state index in [0.29, 0.717) is 17.4 Å². The van der Waals surface area contributed by atoms with Crippen LogP contribution in [0.3, 0.4) is 0 Å². The standard InChI is InChI=1S/C19H17FN4O2S/c1-11-5-6-15-16(7-11)27-19(22-15)23-18(26)21-13-9-17(25)24(10-13)14-4-2-3-12(20)8-14/h2-8,13H,9-10H2,1H3,(H2,21,22,23,26)/t13-/m0/s1. The highest BCUT2D eigenvalue weighted by Crippen LogP contribution is 2.27. The van der Waals surface area contributed by atoms with Crippen molar-refractivity contribution in [1.29, 1.82) is 0 Å². The summed E-state index contributed by atoms with van der Waals surface area (Å²) in [5.74, 6) is -0.554. The molecule has 6 nitrogen and oxygen atoms in total. The minimum Gasteiger partial charge on any atom is -0.333 e. The maximum absolute atomic E-state index is 13.4. The zero-order valence-electron chi connectivity index (χ0n) is 14.5. The maximum atomic E-state index is 13.4. The van der Waals surface area contributed by atoms with Crippen LogP contribution in [0, 0.1) is 12.7 Å². The fraction of sp³-hybridized carbons (Fsp3) is 0.211. The summed E-state index contributed by atoms with van der Waals surface area (Å²) in [5.41, 5.74) is 2.45. The van der Waals surface area contributed by atoms with Gasteiger partial charge in [-0.3, -0.25) is 10.1 Å². The zero-order chi connectivity index (χ0) is 19.0. The van der Waals surface area contributed by atoms with E-state index in [1.165, 1.54) is 28.4 Å². The maximum Gasteiger partial charge on any atom is 0.321 e. The number of nitrogens with zero attached hydrogens (tertiary/aromatic N) is 2. The molecule has 2 heterocycles. The first-order valence-electron chi connectivity index (χ1n) is 8.48. The van der Waals surface area contributed by atoms with Crippen LogP contribution in [0.4, 0.5) is 20.0 Å². The molecule has 2 aromatic carbocycles. The predicted molar refractivity (Wildman–Crippen MR) is 104 cm³/mol. The van der Waals surface area contributed by atoms with E-state index in [1.807, 2.05) is 25.1 Å². The number of hydrogen-bond acceptors (Lipinski definition) is 4. The number of aromatic nitrogens is 1. The van der Waals surface area contributed by atoms with Gasteiger partial charge in [-0.1, -0.05) is 23.5 Å². The zero-order valence-corrected chi connectivity index (χ0v) is 15.3. The summed E-state index contributed by atoms with van der Waals surface area (Å²) >= 11 is 1.40. The molecule has 3 amide bonds. The summed E-state index contributed by atoms with van der Waals surface area (Å²) in [4.78, 5) is 30.3. The molecule has 0 bridgehead atoms. The van der Waals surface area contributed by atoms with Crippen LogP contribution in [0.25, 0.3) is 10.2 Å². The molecule has 1 aromatic heterocycles. The van der Waals surface area contributed by atoms with Gasteiger partial charge >= 0.3 is 6.03 Å². The predicted octanol–water partition coefficient (Wildman–Crippen LogP) is 3.67. The smallest absolute Gasteiger partial charge is 0.321 e. The lowest BCUT2D eigenvalue weighted by Crippen LogP contribution is -2.39. The van der Waals surface area contributed by atoms with Crippen molar-refractivity contribution >= 4 is 44.3 Å². The van der Waals surface area contributed by atoms with Gasteiger partial charge in [0.2, 0.25) is 5.91 Å². The fourth-order valence-electron chi connectivity index (χ4n) is 3.10. The molecule has 0 spiro atoms. The Morgan fingerprint density at radius 2 is 2.15 bits per heavy atom. The molecule has 2 N–H and O–H groups in total. The molecule has 1 saturated heterocycles. The van der Waals surface area contributed by atoms with Crippen molar-refractivity contribution in [3.05, 3.63) is 53.8 Å². The molecule has 0 radical (unpaired) electrons. The number of halogens is 1. The summed E-state index contributed by atoms with van der Waals surface area (Å²) in [6.07, 6.45) is 0.170. The molecule has 1 aliphatic rings. The molecule has 138 valence electrons. The van der Waals surface area contributed by atoms with E-state index >= 15 is 0 Å². The molecule has 0 unspecified atom stereocenters. The number of amides is 3. The number of carbonyl (C=O) groups is 2. The van der Waals surface area contributed by atoms with E-state index in [-0.39, 0.29) is 18.4 Å². The number of hydrogen-bond donors (Lipinski definition) is 2. The second-order valence-electron chi connectivity index (χ2n) is 6.47. The Bertz CT molecular complexity index is 1040. The van der Waals surface area contributed by atoms with E-state index in [2.05, 4.69) is 15.6 Å². The number of thiazole rings is 1. The quantitative estimate of drug-likeness (QED) is 0.724. The van der Waals surface area contributed by atoms with Crippen LogP contribution in [-0.4, -0.2) is 29.5 Å². The van der Waals surface area contributed by atoms with E-state index in [9.17, 15) is 14.0 Å². The van der Waals surface area contributed by atoms with Crippen molar-refractivity contribution in [2.45, 2.75) is 19.4 Å². The van der Waals surface area contributed by atoms with Crippen LogP contribution < -0.4 is 15.5 Å². The van der Waals surface area contributed by atoms with Crippen molar-refractivity contribution in [3.63, 3.8) is 0 Å². The van der Waals surface area contributed by atoms with Gasteiger partial charge in [0.1, 0.15) is 5.82 Å². The monoisotopic (exact) mass is 384 g/mol. The Labute approximate surface area is 159 Å². The number of rotatable bonds is 3. The number of carbonyl (C=O) groups excluding carboxylic acids is 2. The van der Waals surface area contributed by atoms with Crippen molar-refractivity contribution < 1.29 is 14.0 Å². The number of urea groups is 1. The lowest BCUT2D eigenvalue weighted by Gasteiger charge is -2.17. The second kappa shape index (κ2) is 6.96. The van der Waals surface area contributed by atoms with Gasteiger partial charge in [-0.15, -0.1) is 0 Å². The Balaban J connectivity index is 1.40. The number of nitrogens with one attached hydrogen (secondary N) is 2. The average molecular weight is 384 g/mol. The number of anilines is 2. The molecule has 1 fully saturated rings. The largest absolute Gasteiger partial charge is 0.333 e. The SMILES string of the molecule is Cc1ccc2nc(NC(=O)N[C@H]3CC(=O)N(c4cccc(F)c4)C3)sc2c1. The lowest BCUT2D eigenvalue weighted by atomic mass is 10.2. The Hall–Kier alpha value is -3.00. The Morgan fingerprint density at radius 1 is 1.30 bits per heavy atom. The highest BCUT2D eigenvalue weighted by atomic mass is 32.1. The van der Waals surface area contributed by atoms with Gasteiger partial charge in [0.25, 0.3) is 0 Å². The van der Waals surface area contributed by atoms with Crippen molar-refractivity contribution in [2.24, 2.45) is 0 Å². The van der Waals surface area contributed by atoms with Gasteiger partial charge in [-0.05, 0) is 42.8 Å². The summed E-state index contributed by atoms with van der Waals surface area (Å²) < 4.78 is 14.4. The van der Waals surface area contributed by atoms with Gasteiger partial charge in [-0.25, -0.2) is 14.2 Å². The van der Waals surface area contributed by atoms with Gasteiger partial charge in [-0.2, -0.15) is 0 Å². The van der Waals surface area contributed by atoms with Crippen LogP contribution in [0.15, 0.2) is 42.5 Å². The third-order valence-corrected chi connectivity index (χ3v) is 5.28. The van der Waals surface area contributed by atoms with Crippen LogP contribution >= 0.6 is 11.3 Å². The molecular formula is C19H17FN4O2S. The number of aryl methyl sites for hydroxylation is 1. The minimum atomic E-state index is -0.412. The second-order valence-corrected chi connectivity index (χ2v) is 7.50. The summed E-state index contributed by atoms with van der Waals surface area (Å²) in [6, 6.07) is 11.0.